The zero-order valence-corrected chi connectivity index (χ0v) is 10.3. The fourth-order valence-electron chi connectivity index (χ4n) is 1.64. The number of nitrogens with zero attached hydrogens (tertiary/aromatic N) is 1. The van der Waals surface area contributed by atoms with Crippen molar-refractivity contribution >= 4 is 16.2 Å². The quantitative estimate of drug-likeness (QED) is 0.580. The first-order valence-electron chi connectivity index (χ1n) is 5.59. The van der Waals surface area contributed by atoms with Crippen molar-refractivity contribution in [3.63, 3.8) is 0 Å². The molecule has 17 heavy (non-hydrogen) atoms. The van der Waals surface area contributed by atoms with Gasteiger partial charge in [-0.1, -0.05) is 6.42 Å². The van der Waals surface area contributed by atoms with Gasteiger partial charge in [0.1, 0.15) is 0 Å². The van der Waals surface area contributed by atoms with Gasteiger partial charge in [0.15, 0.2) is 6.10 Å². The first-order chi connectivity index (χ1) is 7.93. The Balaban J connectivity index is 2.36. The van der Waals surface area contributed by atoms with Gasteiger partial charge in [-0.15, -0.1) is 0 Å². The van der Waals surface area contributed by atoms with E-state index in [1.54, 1.807) is 0 Å². The normalized spacial score (nSPS) is 20.1. The Labute approximate surface area is 101 Å². The van der Waals surface area contributed by atoms with E-state index >= 15 is 0 Å². The van der Waals surface area contributed by atoms with Crippen LogP contribution < -0.4 is 4.72 Å². The number of aliphatic carboxylic acids is 1. The Bertz CT molecular complexity index is 350. The molecule has 1 aliphatic rings. The molecule has 1 heterocycles. The largest absolute Gasteiger partial charge is 0.479 e. The topological polar surface area (TPSA) is 107 Å². The molecule has 0 amide bonds. The highest BCUT2D eigenvalue weighted by Gasteiger charge is 2.23. The molecular formula is C9H18N2O5S. The molecule has 0 aromatic rings. The molecule has 0 radical (unpaired) electrons. The first kappa shape index (κ1) is 14.4. The van der Waals surface area contributed by atoms with E-state index < -0.39 is 22.3 Å². The van der Waals surface area contributed by atoms with Gasteiger partial charge in [0, 0.05) is 19.6 Å². The molecule has 0 aromatic carbocycles. The number of hydrogen-bond acceptors (Lipinski definition) is 4. The van der Waals surface area contributed by atoms with Gasteiger partial charge in [-0.25, -0.2) is 9.52 Å². The number of nitrogens with one attached hydrogen (secondary N) is 1. The molecule has 1 fully saturated rings. The Morgan fingerprint density at radius 2 is 1.88 bits per heavy atom. The third-order valence-electron chi connectivity index (χ3n) is 2.64. The monoisotopic (exact) mass is 266 g/mol. The Morgan fingerprint density at radius 3 is 2.41 bits per heavy atom. The first-order valence-corrected chi connectivity index (χ1v) is 7.03. The third kappa shape index (κ3) is 4.58. The SMILES string of the molecule is O=C(O)C(O)CCNS(=O)(=O)N1CCCCC1. The van der Waals surface area contributed by atoms with Gasteiger partial charge in [-0.2, -0.15) is 12.7 Å². The summed E-state index contributed by atoms with van der Waals surface area (Å²) in [5.74, 6) is -1.35. The number of aliphatic hydroxyl groups is 1. The van der Waals surface area contributed by atoms with Gasteiger partial charge < -0.3 is 10.2 Å². The summed E-state index contributed by atoms with van der Waals surface area (Å²) in [6, 6.07) is 0. The molecule has 8 heteroatoms. The molecule has 1 unspecified atom stereocenters. The molecule has 0 spiro atoms. The highest BCUT2D eigenvalue weighted by atomic mass is 32.2. The van der Waals surface area contributed by atoms with Crippen molar-refractivity contribution in [3.05, 3.63) is 0 Å². The van der Waals surface area contributed by atoms with Gasteiger partial charge in [0.2, 0.25) is 0 Å². The smallest absolute Gasteiger partial charge is 0.332 e. The van der Waals surface area contributed by atoms with Gasteiger partial charge in [0.05, 0.1) is 0 Å². The van der Waals surface area contributed by atoms with Crippen molar-refractivity contribution in [2.24, 2.45) is 0 Å². The highest BCUT2D eigenvalue weighted by molar-refractivity contribution is 7.87. The molecule has 1 aliphatic heterocycles. The van der Waals surface area contributed by atoms with Crippen LogP contribution >= 0.6 is 0 Å². The van der Waals surface area contributed by atoms with Crippen LogP contribution in [0.1, 0.15) is 25.7 Å². The number of carbonyl (C=O) groups is 1. The third-order valence-corrected chi connectivity index (χ3v) is 4.26. The lowest BCUT2D eigenvalue weighted by atomic mass is 10.2. The summed E-state index contributed by atoms with van der Waals surface area (Å²) in [4.78, 5) is 10.3. The highest BCUT2D eigenvalue weighted by Crippen LogP contribution is 2.11. The summed E-state index contributed by atoms with van der Waals surface area (Å²) < 4.78 is 27.1. The minimum absolute atomic E-state index is 0.0771. The Kier molecular flexibility index (Phi) is 5.31. The van der Waals surface area contributed by atoms with Crippen molar-refractivity contribution in [1.29, 1.82) is 0 Å². The van der Waals surface area contributed by atoms with Crippen molar-refractivity contribution in [2.45, 2.75) is 31.8 Å². The molecule has 3 N–H and O–H groups in total. The van der Waals surface area contributed by atoms with Gasteiger partial charge in [0.25, 0.3) is 10.2 Å². The number of aliphatic hydroxyl groups excluding tert-OH is 1. The van der Waals surface area contributed by atoms with E-state index in [4.69, 9.17) is 10.2 Å². The Hall–Kier alpha value is -0.700. The average molecular weight is 266 g/mol. The zero-order valence-electron chi connectivity index (χ0n) is 9.50. The van der Waals surface area contributed by atoms with Crippen molar-refractivity contribution < 1.29 is 23.4 Å². The second-order valence-corrected chi connectivity index (χ2v) is 5.76. The lowest BCUT2D eigenvalue weighted by Gasteiger charge is -2.25. The summed E-state index contributed by atoms with van der Waals surface area (Å²) in [6.07, 6.45) is 1.06. The molecule has 0 aromatic heterocycles. The molecule has 100 valence electrons. The molecule has 1 atom stereocenters. The molecule has 0 aliphatic carbocycles. The van der Waals surface area contributed by atoms with Crippen LogP contribution in [0.15, 0.2) is 0 Å². The lowest BCUT2D eigenvalue weighted by Crippen LogP contribution is -2.44. The van der Waals surface area contributed by atoms with Gasteiger partial charge >= 0.3 is 5.97 Å². The van der Waals surface area contributed by atoms with Crippen LogP contribution in [0.4, 0.5) is 0 Å². The number of carboxylic acids is 1. The van der Waals surface area contributed by atoms with Crippen LogP contribution in [-0.4, -0.2) is 54.6 Å². The molecule has 0 bridgehead atoms. The lowest BCUT2D eigenvalue weighted by molar-refractivity contribution is -0.146. The molecule has 7 nitrogen and oxygen atoms in total. The number of carboxylic acid groups (broad SMARTS) is 1. The molecule has 0 saturated carbocycles. The van der Waals surface area contributed by atoms with E-state index in [0.717, 1.165) is 19.3 Å². The van der Waals surface area contributed by atoms with E-state index in [-0.39, 0.29) is 13.0 Å². The maximum absolute atomic E-state index is 11.7. The minimum Gasteiger partial charge on any atom is -0.479 e. The zero-order chi connectivity index (χ0) is 12.9. The summed E-state index contributed by atoms with van der Waals surface area (Å²) in [7, 11) is -3.53. The minimum atomic E-state index is -3.53. The van der Waals surface area contributed by atoms with Crippen LogP contribution in [0.3, 0.4) is 0 Å². The van der Waals surface area contributed by atoms with Gasteiger partial charge in [-0.3, -0.25) is 0 Å². The standard InChI is InChI=1S/C9H18N2O5S/c12-8(9(13)14)4-5-10-17(15,16)11-6-2-1-3-7-11/h8,10,12H,1-7H2,(H,13,14). The summed E-state index contributed by atoms with van der Waals surface area (Å²) >= 11 is 0. The molecular weight excluding hydrogens is 248 g/mol. The summed E-state index contributed by atoms with van der Waals surface area (Å²) in [5.41, 5.74) is 0. The maximum atomic E-state index is 11.7. The number of hydrogen-bond donors (Lipinski definition) is 3. The van der Waals surface area contributed by atoms with E-state index in [0.29, 0.717) is 13.1 Å². The second-order valence-electron chi connectivity index (χ2n) is 4.00. The predicted molar refractivity (Wildman–Crippen MR) is 60.6 cm³/mol. The summed E-state index contributed by atoms with van der Waals surface area (Å²) in [6.45, 7) is 0.917. The molecule has 1 rings (SSSR count). The van der Waals surface area contributed by atoms with Crippen LogP contribution in [0.25, 0.3) is 0 Å². The predicted octanol–water partition coefficient (Wildman–Crippen LogP) is -0.858. The molecule has 1 saturated heterocycles. The van der Waals surface area contributed by atoms with Crippen LogP contribution in [0.2, 0.25) is 0 Å². The Morgan fingerprint density at radius 1 is 1.29 bits per heavy atom. The van der Waals surface area contributed by atoms with Crippen LogP contribution in [0.5, 0.6) is 0 Å². The fraction of sp³-hybridized carbons (Fsp3) is 0.889. The second kappa shape index (κ2) is 6.29. The summed E-state index contributed by atoms with van der Waals surface area (Å²) in [5, 5.41) is 17.4. The van der Waals surface area contributed by atoms with Gasteiger partial charge in [-0.05, 0) is 19.3 Å². The van der Waals surface area contributed by atoms with Crippen molar-refractivity contribution in [2.75, 3.05) is 19.6 Å². The van der Waals surface area contributed by atoms with Crippen LogP contribution in [-0.2, 0) is 15.0 Å². The van der Waals surface area contributed by atoms with E-state index in [2.05, 4.69) is 4.72 Å². The van der Waals surface area contributed by atoms with Crippen LogP contribution in [0, 0.1) is 0 Å². The number of piperidine rings is 1. The van der Waals surface area contributed by atoms with E-state index in [1.165, 1.54) is 4.31 Å². The maximum Gasteiger partial charge on any atom is 0.332 e. The van der Waals surface area contributed by atoms with E-state index in [9.17, 15) is 13.2 Å². The van der Waals surface area contributed by atoms with E-state index in [1.807, 2.05) is 0 Å². The average Bonchev–Trinajstić information content (AvgIpc) is 2.29. The van der Waals surface area contributed by atoms with Crippen molar-refractivity contribution in [3.8, 4) is 0 Å². The number of rotatable bonds is 6. The van der Waals surface area contributed by atoms with Crippen molar-refractivity contribution in [1.82, 2.24) is 9.03 Å². The fourth-order valence-corrected chi connectivity index (χ4v) is 2.94.